The maximum absolute atomic E-state index is 11.2. The highest BCUT2D eigenvalue weighted by molar-refractivity contribution is 5.78. The van der Waals surface area contributed by atoms with Crippen molar-refractivity contribution in [2.24, 2.45) is 0 Å². The lowest BCUT2D eigenvalue weighted by Gasteiger charge is -2.32. The molecule has 0 aliphatic heterocycles. The number of likely N-dealkylation sites (N-methyl/N-ethyl adjacent to an activating group) is 1. The molecule has 0 bridgehead atoms. The number of aliphatic carboxylic acids is 1. The summed E-state index contributed by atoms with van der Waals surface area (Å²) in [5.41, 5.74) is -0.0480. The van der Waals surface area contributed by atoms with Gasteiger partial charge in [0.05, 0.1) is 0 Å². The van der Waals surface area contributed by atoms with Gasteiger partial charge in [-0.05, 0) is 38.7 Å². The van der Waals surface area contributed by atoms with Gasteiger partial charge in [-0.15, -0.1) is 0 Å². The number of hydrogen-bond acceptors (Lipinski definition) is 3. The summed E-state index contributed by atoms with van der Waals surface area (Å²) in [6, 6.07) is 6.60. The van der Waals surface area contributed by atoms with Crippen LogP contribution in [0.25, 0.3) is 0 Å². The third-order valence-corrected chi connectivity index (χ3v) is 2.93. The van der Waals surface area contributed by atoms with Gasteiger partial charge in [0.15, 0.2) is 0 Å². The van der Waals surface area contributed by atoms with E-state index in [0.29, 0.717) is 6.42 Å². The molecule has 0 saturated heterocycles. The first-order valence-corrected chi connectivity index (χ1v) is 5.05. The molecule has 0 aromatic heterocycles. The molecule has 2 N–H and O–H groups in total. The molecule has 1 rings (SSSR count). The number of carbonyl (C=O) groups is 1. The van der Waals surface area contributed by atoms with Crippen LogP contribution >= 0.6 is 0 Å². The summed E-state index contributed by atoms with van der Waals surface area (Å²) in [5, 5.41) is 18.4. The molecule has 0 aliphatic carbocycles. The molecular weight excluding hydrogens is 206 g/mol. The molecule has 88 valence electrons. The van der Waals surface area contributed by atoms with Gasteiger partial charge in [-0.1, -0.05) is 12.1 Å². The van der Waals surface area contributed by atoms with Crippen LogP contribution < -0.4 is 0 Å². The highest BCUT2D eigenvalue weighted by Crippen LogP contribution is 2.20. The van der Waals surface area contributed by atoms with Gasteiger partial charge in [-0.2, -0.15) is 0 Å². The Morgan fingerprint density at radius 3 is 2.19 bits per heavy atom. The van der Waals surface area contributed by atoms with Crippen molar-refractivity contribution in [3.63, 3.8) is 0 Å². The number of carboxylic acids is 1. The van der Waals surface area contributed by atoms with Gasteiger partial charge in [0.25, 0.3) is 0 Å². The highest BCUT2D eigenvalue weighted by atomic mass is 16.4. The fourth-order valence-electron chi connectivity index (χ4n) is 1.44. The molecule has 0 unspecified atom stereocenters. The van der Waals surface area contributed by atoms with E-state index in [1.54, 1.807) is 50.2 Å². The summed E-state index contributed by atoms with van der Waals surface area (Å²) in [4.78, 5) is 12.9. The van der Waals surface area contributed by atoms with E-state index in [1.807, 2.05) is 0 Å². The average Bonchev–Trinajstić information content (AvgIpc) is 2.20. The van der Waals surface area contributed by atoms with Crippen LogP contribution in [0.5, 0.6) is 5.75 Å². The predicted octanol–water partition coefficient (Wildman–Crippen LogP) is 1.34. The number of hydrogen-bond donors (Lipinski definition) is 2. The van der Waals surface area contributed by atoms with Crippen molar-refractivity contribution in [2.45, 2.75) is 18.9 Å². The Hall–Kier alpha value is -1.55. The Morgan fingerprint density at radius 1 is 1.31 bits per heavy atom. The van der Waals surface area contributed by atoms with Gasteiger partial charge in [0.1, 0.15) is 11.3 Å². The number of carboxylic acid groups (broad SMARTS) is 1. The minimum absolute atomic E-state index is 0.186. The molecule has 4 nitrogen and oxygen atoms in total. The number of phenols is 1. The van der Waals surface area contributed by atoms with E-state index in [0.717, 1.165) is 5.56 Å². The lowest BCUT2D eigenvalue weighted by molar-refractivity contribution is -0.148. The van der Waals surface area contributed by atoms with Gasteiger partial charge in [-0.25, -0.2) is 0 Å². The molecule has 0 saturated carbocycles. The van der Waals surface area contributed by atoms with Crippen LogP contribution in [-0.2, 0) is 11.2 Å². The molecule has 0 aliphatic rings. The Kier molecular flexibility index (Phi) is 3.55. The first-order valence-electron chi connectivity index (χ1n) is 5.05. The Balaban J connectivity index is 2.93. The predicted molar refractivity (Wildman–Crippen MR) is 61.5 cm³/mol. The molecule has 1 aromatic carbocycles. The zero-order chi connectivity index (χ0) is 12.3. The van der Waals surface area contributed by atoms with Crippen LogP contribution in [0.3, 0.4) is 0 Å². The number of aromatic hydroxyl groups is 1. The summed E-state index contributed by atoms with van der Waals surface area (Å²) in [7, 11) is 3.49. The Labute approximate surface area is 95.1 Å². The molecule has 0 amide bonds. The average molecular weight is 223 g/mol. The molecule has 0 fully saturated rings. The molecule has 1 atom stereocenters. The van der Waals surface area contributed by atoms with E-state index in [1.165, 1.54) is 0 Å². The summed E-state index contributed by atoms with van der Waals surface area (Å²) in [5.74, 6) is -0.670. The Morgan fingerprint density at radius 2 is 1.81 bits per heavy atom. The minimum Gasteiger partial charge on any atom is -0.508 e. The maximum Gasteiger partial charge on any atom is 0.324 e. The van der Waals surface area contributed by atoms with Gasteiger partial charge in [0, 0.05) is 6.42 Å². The molecule has 0 heterocycles. The summed E-state index contributed by atoms with van der Waals surface area (Å²) < 4.78 is 0. The fourth-order valence-corrected chi connectivity index (χ4v) is 1.44. The molecule has 0 radical (unpaired) electrons. The second-order valence-corrected chi connectivity index (χ2v) is 4.32. The highest BCUT2D eigenvalue weighted by Gasteiger charge is 2.35. The van der Waals surface area contributed by atoms with E-state index in [4.69, 9.17) is 5.11 Å². The van der Waals surface area contributed by atoms with Crippen molar-refractivity contribution in [1.82, 2.24) is 4.90 Å². The molecule has 1 aromatic rings. The number of benzene rings is 1. The van der Waals surface area contributed by atoms with Crippen LogP contribution in [0.4, 0.5) is 0 Å². The van der Waals surface area contributed by atoms with Crippen molar-refractivity contribution >= 4 is 5.97 Å². The quantitative estimate of drug-likeness (QED) is 0.808. The van der Waals surface area contributed by atoms with Crippen LogP contribution in [0.1, 0.15) is 12.5 Å². The van der Waals surface area contributed by atoms with Gasteiger partial charge >= 0.3 is 5.97 Å². The zero-order valence-electron chi connectivity index (χ0n) is 9.77. The number of nitrogens with zero attached hydrogens (tertiary/aromatic N) is 1. The summed E-state index contributed by atoms with van der Waals surface area (Å²) in [6.45, 7) is 1.68. The lowest BCUT2D eigenvalue weighted by Crippen LogP contribution is -2.50. The van der Waals surface area contributed by atoms with E-state index < -0.39 is 11.5 Å². The molecular formula is C12H17NO3. The van der Waals surface area contributed by atoms with E-state index in [9.17, 15) is 9.90 Å². The first kappa shape index (κ1) is 12.5. The minimum atomic E-state index is -0.934. The fraction of sp³-hybridized carbons (Fsp3) is 0.417. The van der Waals surface area contributed by atoms with Crippen molar-refractivity contribution < 1.29 is 15.0 Å². The van der Waals surface area contributed by atoms with Crippen molar-refractivity contribution in [3.8, 4) is 5.75 Å². The van der Waals surface area contributed by atoms with Crippen LogP contribution in [0, 0.1) is 0 Å². The molecule has 16 heavy (non-hydrogen) atoms. The van der Waals surface area contributed by atoms with Crippen molar-refractivity contribution in [1.29, 1.82) is 0 Å². The van der Waals surface area contributed by atoms with Crippen LogP contribution in [-0.4, -0.2) is 40.7 Å². The maximum atomic E-state index is 11.2. The summed E-state index contributed by atoms with van der Waals surface area (Å²) >= 11 is 0. The largest absolute Gasteiger partial charge is 0.508 e. The first-order chi connectivity index (χ1) is 7.36. The van der Waals surface area contributed by atoms with Gasteiger partial charge in [0.2, 0.25) is 0 Å². The van der Waals surface area contributed by atoms with Crippen molar-refractivity contribution in [2.75, 3.05) is 14.1 Å². The van der Waals surface area contributed by atoms with Crippen LogP contribution in [0.2, 0.25) is 0 Å². The summed E-state index contributed by atoms with van der Waals surface area (Å²) in [6.07, 6.45) is 0.398. The Bertz CT molecular complexity index is 372. The smallest absolute Gasteiger partial charge is 0.324 e. The second-order valence-electron chi connectivity index (χ2n) is 4.32. The normalized spacial score (nSPS) is 14.8. The van der Waals surface area contributed by atoms with E-state index in [-0.39, 0.29) is 5.75 Å². The number of phenolic OH excluding ortho intramolecular Hbond substituents is 1. The number of rotatable bonds is 4. The standard InChI is InChI=1S/C12H17NO3/c1-12(11(15)16,13(2)3)8-9-4-6-10(14)7-5-9/h4-7,14H,8H2,1-3H3,(H,15,16)/t12-/m0/s1. The zero-order valence-corrected chi connectivity index (χ0v) is 9.77. The van der Waals surface area contributed by atoms with Gasteiger partial charge < -0.3 is 10.2 Å². The SMILES string of the molecule is CN(C)[C@@](C)(Cc1ccc(O)cc1)C(=O)O. The van der Waals surface area contributed by atoms with Crippen LogP contribution in [0.15, 0.2) is 24.3 Å². The topological polar surface area (TPSA) is 60.8 Å². The van der Waals surface area contributed by atoms with Gasteiger partial charge in [-0.3, -0.25) is 9.69 Å². The third kappa shape index (κ3) is 2.52. The lowest BCUT2D eigenvalue weighted by atomic mass is 9.92. The molecule has 0 spiro atoms. The molecule has 4 heteroatoms. The third-order valence-electron chi connectivity index (χ3n) is 2.93. The van der Waals surface area contributed by atoms with E-state index >= 15 is 0 Å². The van der Waals surface area contributed by atoms with Crippen molar-refractivity contribution in [3.05, 3.63) is 29.8 Å². The second kappa shape index (κ2) is 4.53. The monoisotopic (exact) mass is 223 g/mol. The van der Waals surface area contributed by atoms with E-state index in [2.05, 4.69) is 0 Å².